The first-order valence-electron chi connectivity index (χ1n) is 5.95. The molecule has 1 unspecified atom stereocenters. The van der Waals surface area contributed by atoms with Gasteiger partial charge in [-0.3, -0.25) is 0 Å². The molecule has 1 saturated heterocycles. The molecule has 0 N–H and O–H groups in total. The second-order valence-corrected chi connectivity index (χ2v) is 3.58. The normalized spacial score (nSPS) is 26.4. The molecule has 1 rings (SSSR count). The summed E-state index contributed by atoms with van der Waals surface area (Å²) in [6, 6.07) is 0.468. The van der Waals surface area contributed by atoms with E-state index >= 15 is 0 Å². The molecule has 0 aromatic carbocycles. The van der Waals surface area contributed by atoms with Gasteiger partial charge in [0.2, 0.25) is 0 Å². The van der Waals surface area contributed by atoms with Gasteiger partial charge in [0.25, 0.3) is 0 Å². The number of nitrogens with zero attached hydrogens (tertiary/aromatic N) is 1. The van der Waals surface area contributed by atoms with Crippen LogP contribution in [0.15, 0.2) is 0 Å². The quantitative estimate of drug-likeness (QED) is 0.630. The summed E-state index contributed by atoms with van der Waals surface area (Å²) in [7, 11) is 2.00. The van der Waals surface area contributed by atoms with E-state index < -0.39 is 6.17 Å². The molecular weight excluding hydrogens is 177 g/mol. The Kier molecular flexibility index (Phi) is 11.0. The predicted molar refractivity (Wildman–Crippen MR) is 63.5 cm³/mol. The van der Waals surface area contributed by atoms with Crippen LogP contribution in [0.2, 0.25) is 0 Å². The van der Waals surface area contributed by atoms with Crippen LogP contribution in [0.3, 0.4) is 0 Å². The number of hydrogen-bond acceptors (Lipinski definition) is 1. The lowest BCUT2D eigenvalue weighted by Gasteiger charge is -2.22. The lowest BCUT2D eigenvalue weighted by atomic mass is 10.0. The standard InChI is InChI=1S/C8H16FN.2C2H6/c1-6(2)8-4-7(9)5-10(8)3;2*1-2/h6-8H,4-5H2,1-3H3;2*1-2H3/t7-,8?;;/m0../s1. The first-order chi connectivity index (χ1) is 6.61. The van der Waals surface area contributed by atoms with Gasteiger partial charge in [0.05, 0.1) is 0 Å². The van der Waals surface area contributed by atoms with E-state index in [2.05, 4.69) is 18.7 Å². The van der Waals surface area contributed by atoms with Gasteiger partial charge in [0.15, 0.2) is 0 Å². The molecule has 0 amide bonds. The fraction of sp³-hybridized carbons (Fsp3) is 1.00. The summed E-state index contributed by atoms with van der Waals surface area (Å²) in [4.78, 5) is 2.12. The second-order valence-electron chi connectivity index (χ2n) is 3.58. The minimum Gasteiger partial charge on any atom is -0.300 e. The monoisotopic (exact) mass is 205 g/mol. The van der Waals surface area contributed by atoms with Gasteiger partial charge in [-0.15, -0.1) is 0 Å². The predicted octanol–water partition coefficient (Wildman–Crippen LogP) is 3.74. The summed E-state index contributed by atoms with van der Waals surface area (Å²) in [5, 5.41) is 0. The van der Waals surface area contributed by atoms with E-state index in [1.807, 2.05) is 34.7 Å². The Morgan fingerprint density at radius 3 is 1.71 bits per heavy atom. The van der Waals surface area contributed by atoms with E-state index in [4.69, 9.17) is 0 Å². The Hall–Kier alpha value is -0.110. The highest BCUT2D eigenvalue weighted by Crippen LogP contribution is 2.23. The minimum absolute atomic E-state index is 0.468. The molecule has 1 heterocycles. The third-order valence-electron chi connectivity index (χ3n) is 2.32. The van der Waals surface area contributed by atoms with E-state index in [0.29, 0.717) is 18.5 Å². The summed E-state index contributed by atoms with van der Waals surface area (Å²) >= 11 is 0. The zero-order valence-corrected chi connectivity index (χ0v) is 11.0. The van der Waals surface area contributed by atoms with E-state index in [1.54, 1.807) is 0 Å². The number of likely N-dealkylation sites (tertiary alicyclic amines) is 1. The molecule has 2 heteroatoms. The van der Waals surface area contributed by atoms with Gasteiger partial charge in [0, 0.05) is 12.6 Å². The molecule has 1 fully saturated rings. The molecule has 0 aromatic rings. The largest absolute Gasteiger partial charge is 0.300 e. The molecule has 1 aliphatic heterocycles. The molecule has 0 saturated carbocycles. The van der Waals surface area contributed by atoms with Crippen molar-refractivity contribution in [1.82, 2.24) is 4.90 Å². The minimum atomic E-state index is -0.586. The molecule has 14 heavy (non-hydrogen) atoms. The molecule has 1 nitrogen and oxygen atoms in total. The highest BCUT2D eigenvalue weighted by atomic mass is 19.1. The van der Waals surface area contributed by atoms with Crippen LogP contribution in [0.25, 0.3) is 0 Å². The maximum Gasteiger partial charge on any atom is 0.114 e. The highest BCUT2D eigenvalue weighted by molar-refractivity contribution is 4.84. The Morgan fingerprint density at radius 2 is 1.57 bits per heavy atom. The van der Waals surface area contributed by atoms with Crippen LogP contribution in [-0.2, 0) is 0 Å². The maximum absolute atomic E-state index is 12.7. The lowest BCUT2D eigenvalue weighted by molar-refractivity contribution is 0.248. The van der Waals surface area contributed by atoms with Crippen LogP contribution in [0.5, 0.6) is 0 Å². The topological polar surface area (TPSA) is 3.24 Å². The van der Waals surface area contributed by atoms with Crippen LogP contribution >= 0.6 is 0 Å². The first kappa shape index (κ1) is 16.3. The molecule has 0 radical (unpaired) electrons. The van der Waals surface area contributed by atoms with Crippen molar-refractivity contribution < 1.29 is 4.39 Å². The molecule has 0 aliphatic carbocycles. The number of hydrogen-bond donors (Lipinski definition) is 0. The molecule has 88 valence electrons. The van der Waals surface area contributed by atoms with Crippen molar-refractivity contribution in [1.29, 1.82) is 0 Å². The summed E-state index contributed by atoms with van der Waals surface area (Å²) in [6.07, 6.45) is 0.145. The van der Waals surface area contributed by atoms with E-state index in [0.717, 1.165) is 6.42 Å². The van der Waals surface area contributed by atoms with Crippen molar-refractivity contribution in [3.8, 4) is 0 Å². The number of halogens is 1. The van der Waals surface area contributed by atoms with Crippen LogP contribution < -0.4 is 0 Å². The van der Waals surface area contributed by atoms with Crippen LogP contribution in [-0.4, -0.2) is 30.7 Å². The van der Waals surface area contributed by atoms with Crippen LogP contribution in [0.4, 0.5) is 4.39 Å². The van der Waals surface area contributed by atoms with Gasteiger partial charge >= 0.3 is 0 Å². The van der Waals surface area contributed by atoms with Gasteiger partial charge in [-0.25, -0.2) is 4.39 Å². The fourth-order valence-corrected chi connectivity index (χ4v) is 1.75. The SMILES string of the molecule is CC.CC.CC(C)C1C[C@H](F)CN1C. The molecule has 0 aromatic heterocycles. The summed E-state index contributed by atoms with van der Waals surface area (Å²) in [6.45, 7) is 12.9. The van der Waals surface area contributed by atoms with Crippen molar-refractivity contribution in [3.63, 3.8) is 0 Å². The van der Waals surface area contributed by atoms with Crippen molar-refractivity contribution >= 4 is 0 Å². The second kappa shape index (κ2) is 9.45. The summed E-state index contributed by atoms with van der Waals surface area (Å²) in [5.74, 6) is 0.589. The number of rotatable bonds is 1. The number of alkyl halides is 1. The molecule has 1 aliphatic rings. The molecular formula is C12H28FN. The Morgan fingerprint density at radius 1 is 1.14 bits per heavy atom. The molecule has 0 bridgehead atoms. The first-order valence-corrected chi connectivity index (χ1v) is 5.95. The van der Waals surface area contributed by atoms with Crippen LogP contribution in [0, 0.1) is 5.92 Å². The van der Waals surface area contributed by atoms with Crippen molar-refractivity contribution in [2.45, 2.75) is 60.2 Å². The molecule has 0 spiro atoms. The molecule has 2 atom stereocenters. The van der Waals surface area contributed by atoms with Gasteiger partial charge in [-0.05, 0) is 19.4 Å². The van der Waals surface area contributed by atoms with Crippen LogP contribution in [0.1, 0.15) is 48.0 Å². The smallest absolute Gasteiger partial charge is 0.114 e. The van der Waals surface area contributed by atoms with Crippen molar-refractivity contribution in [3.05, 3.63) is 0 Å². The van der Waals surface area contributed by atoms with Gasteiger partial charge < -0.3 is 4.90 Å². The summed E-state index contributed by atoms with van der Waals surface area (Å²) < 4.78 is 12.7. The van der Waals surface area contributed by atoms with E-state index in [1.165, 1.54) is 0 Å². The van der Waals surface area contributed by atoms with Gasteiger partial charge in [-0.2, -0.15) is 0 Å². The highest BCUT2D eigenvalue weighted by Gasteiger charge is 2.30. The fourth-order valence-electron chi connectivity index (χ4n) is 1.75. The lowest BCUT2D eigenvalue weighted by Crippen LogP contribution is -2.29. The summed E-state index contributed by atoms with van der Waals surface area (Å²) in [5.41, 5.74) is 0. The van der Waals surface area contributed by atoms with E-state index in [9.17, 15) is 4.39 Å². The third-order valence-corrected chi connectivity index (χ3v) is 2.32. The zero-order chi connectivity index (χ0) is 11.7. The van der Waals surface area contributed by atoms with E-state index in [-0.39, 0.29) is 0 Å². The Labute approximate surface area is 89.7 Å². The van der Waals surface area contributed by atoms with Crippen molar-refractivity contribution in [2.24, 2.45) is 5.92 Å². The third kappa shape index (κ3) is 5.58. The maximum atomic E-state index is 12.7. The van der Waals surface area contributed by atoms with Gasteiger partial charge in [0.1, 0.15) is 6.17 Å². The average Bonchev–Trinajstić information content (AvgIpc) is 2.52. The zero-order valence-electron chi connectivity index (χ0n) is 11.0. The Bertz CT molecular complexity index is 115. The van der Waals surface area contributed by atoms with Gasteiger partial charge in [-0.1, -0.05) is 41.5 Å². The van der Waals surface area contributed by atoms with Crippen molar-refractivity contribution in [2.75, 3.05) is 13.6 Å². The Balaban J connectivity index is 0. The average molecular weight is 205 g/mol.